The van der Waals surface area contributed by atoms with Gasteiger partial charge in [-0.15, -0.1) is 0 Å². The molecule has 0 aliphatic heterocycles. The second-order valence-corrected chi connectivity index (χ2v) is 3.56. The molecule has 5 nitrogen and oxygen atoms in total. The van der Waals surface area contributed by atoms with E-state index in [0.29, 0.717) is 24.7 Å². The van der Waals surface area contributed by atoms with Gasteiger partial charge in [-0.1, -0.05) is 6.07 Å². The molecule has 2 heterocycles. The molecule has 0 aromatic carbocycles. The van der Waals surface area contributed by atoms with Crippen LogP contribution in [0, 0.1) is 6.92 Å². The summed E-state index contributed by atoms with van der Waals surface area (Å²) in [6.45, 7) is 3.17. The molecule has 2 rings (SSSR count). The molecule has 5 heteroatoms. The molecule has 0 aliphatic carbocycles. The highest BCUT2D eigenvalue weighted by Crippen LogP contribution is 2.06. The zero-order valence-corrected chi connectivity index (χ0v) is 9.13. The normalized spacial score (nSPS) is 10.3. The van der Waals surface area contributed by atoms with Crippen molar-refractivity contribution in [3.05, 3.63) is 36.3 Å². The third-order valence-corrected chi connectivity index (χ3v) is 2.11. The molecule has 2 N–H and O–H groups in total. The Labute approximate surface area is 93.9 Å². The fraction of sp³-hybridized carbons (Fsp3) is 0.273. The maximum atomic E-state index is 5.54. The number of hydrogen-bond acceptors (Lipinski definition) is 4. The molecule has 16 heavy (non-hydrogen) atoms. The predicted molar refractivity (Wildman–Crippen MR) is 61.1 cm³/mol. The topological polar surface area (TPSA) is 66.0 Å². The molecule has 0 spiro atoms. The highest BCUT2D eigenvalue weighted by molar-refractivity contribution is 5.30. The second kappa shape index (κ2) is 4.65. The molecule has 0 fully saturated rings. The summed E-state index contributed by atoms with van der Waals surface area (Å²) in [5.74, 6) is 0.630. The van der Waals surface area contributed by atoms with E-state index in [1.165, 1.54) is 0 Å². The van der Waals surface area contributed by atoms with Crippen molar-refractivity contribution in [1.29, 1.82) is 0 Å². The number of aryl methyl sites for hydroxylation is 1. The Kier molecular flexibility index (Phi) is 3.05. The summed E-state index contributed by atoms with van der Waals surface area (Å²) >= 11 is 0. The summed E-state index contributed by atoms with van der Waals surface area (Å²) < 4.78 is 7.20. The van der Waals surface area contributed by atoms with Crippen LogP contribution in [0.2, 0.25) is 0 Å². The van der Waals surface area contributed by atoms with Crippen molar-refractivity contribution in [3.8, 4) is 5.88 Å². The van der Waals surface area contributed by atoms with Gasteiger partial charge in [-0.2, -0.15) is 5.10 Å². The van der Waals surface area contributed by atoms with E-state index in [2.05, 4.69) is 10.1 Å². The van der Waals surface area contributed by atoms with Crippen LogP contribution in [0.3, 0.4) is 0 Å². The van der Waals surface area contributed by atoms with Gasteiger partial charge in [0.05, 0.1) is 18.4 Å². The number of ether oxygens (including phenoxy) is 1. The van der Waals surface area contributed by atoms with E-state index in [4.69, 9.17) is 10.5 Å². The lowest BCUT2D eigenvalue weighted by Crippen LogP contribution is -2.09. The van der Waals surface area contributed by atoms with E-state index in [-0.39, 0.29) is 0 Å². The van der Waals surface area contributed by atoms with Crippen LogP contribution < -0.4 is 10.5 Å². The fourth-order valence-electron chi connectivity index (χ4n) is 1.29. The Morgan fingerprint density at radius 3 is 2.88 bits per heavy atom. The van der Waals surface area contributed by atoms with E-state index >= 15 is 0 Å². The Morgan fingerprint density at radius 1 is 1.38 bits per heavy atom. The minimum Gasteiger partial charge on any atom is -0.476 e. The average Bonchev–Trinajstić information content (AvgIpc) is 2.67. The average molecular weight is 218 g/mol. The van der Waals surface area contributed by atoms with E-state index in [9.17, 15) is 0 Å². The predicted octanol–water partition coefficient (Wildman–Crippen LogP) is 1.25. The molecule has 2 aromatic rings. The van der Waals surface area contributed by atoms with Crippen LogP contribution in [0.15, 0.2) is 30.7 Å². The second-order valence-electron chi connectivity index (χ2n) is 3.56. The maximum absolute atomic E-state index is 5.54. The van der Waals surface area contributed by atoms with E-state index < -0.39 is 0 Å². The zero-order valence-electron chi connectivity index (χ0n) is 9.13. The molecule has 0 radical (unpaired) electrons. The molecule has 0 saturated carbocycles. The van der Waals surface area contributed by atoms with Gasteiger partial charge in [0, 0.05) is 18.5 Å². The fourth-order valence-corrected chi connectivity index (χ4v) is 1.29. The summed E-state index contributed by atoms with van der Waals surface area (Å²) in [5.41, 5.74) is 7.32. The maximum Gasteiger partial charge on any atom is 0.213 e. The van der Waals surface area contributed by atoms with Crippen molar-refractivity contribution in [2.45, 2.75) is 13.5 Å². The number of hydrogen-bond donors (Lipinski definition) is 1. The van der Waals surface area contributed by atoms with Crippen molar-refractivity contribution in [3.63, 3.8) is 0 Å². The van der Waals surface area contributed by atoms with Crippen molar-refractivity contribution in [1.82, 2.24) is 14.8 Å². The summed E-state index contributed by atoms with van der Waals surface area (Å²) in [5, 5.41) is 4.05. The molecule has 0 atom stereocenters. The van der Waals surface area contributed by atoms with Crippen LogP contribution in [0.25, 0.3) is 0 Å². The van der Waals surface area contributed by atoms with Gasteiger partial charge in [0.15, 0.2) is 0 Å². The number of nitrogens with zero attached hydrogens (tertiary/aromatic N) is 3. The van der Waals surface area contributed by atoms with Gasteiger partial charge in [-0.3, -0.25) is 4.68 Å². The lowest BCUT2D eigenvalue weighted by atomic mass is 10.3. The zero-order chi connectivity index (χ0) is 11.4. The first-order valence-electron chi connectivity index (χ1n) is 5.07. The van der Waals surface area contributed by atoms with Gasteiger partial charge < -0.3 is 10.5 Å². The lowest BCUT2D eigenvalue weighted by molar-refractivity contribution is 0.281. The van der Waals surface area contributed by atoms with Gasteiger partial charge in [-0.05, 0) is 12.5 Å². The molecule has 0 unspecified atom stereocenters. The van der Waals surface area contributed by atoms with E-state index in [1.54, 1.807) is 23.3 Å². The van der Waals surface area contributed by atoms with Crippen molar-refractivity contribution >= 4 is 5.69 Å². The first-order valence-corrected chi connectivity index (χ1v) is 5.07. The standard InChI is InChI=1S/C11H14N4O/c1-9-2-3-11(13-6-9)16-5-4-15-8-10(12)7-14-15/h2-3,6-8H,4-5,12H2,1H3. The lowest BCUT2D eigenvalue weighted by Gasteiger charge is -2.05. The highest BCUT2D eigenvalue weighted by Gasteiger charge is 1.97. The van der Waals surface area contributed by atoms with Crippen molar-refractivity contribution in [2.75, 3.05) is 12.3 Å². The van der Waals surface area contributed by atoms with Crippen LogP contribution in [0.5, 0.6) is 5.88 Å². The van der Waals surface area contributed by atoms with Crippen LogP contribution in [-0.2, 0) is 6.54 Å². The smallest absolute Gasteiger partial charge is 0.213 e. The third-order valence-electron chi connectivity index (χ3n) is 2.11. The van der Waals surface area contributed by atoms with Crippen LogP contribution in [-0.4, -0.2) is 21.4 Å². The van der Waals surface area contributed by atoms with Gasteiger partial charge in [0.1, 0.15) is 6.61 Å². The molecule has 2 aromatic heterocycles. The Morgan fingerprint density at radius 2 is 2.25 bits per heavy atom. The van der Waals surface area contributed by atoms with Crippen molar-refractivity contribution < 1.29 is 4.74 Å². The number of nitrogen functional groups attached to an aromatic ring is 1. The van der Waals surface area contributed by atoms with Gasteiger partial charge in [0.2, 0.25) is 5.88 Å². The largest absolute Gasteiger partial charge is 0.476 e. The van der Waals surface area contributed by atoms with Gasteiger partial charge in [-0.25, -0.2) is 4.98 Å². The molecule has 0 saturated heterocycles. The first-order chi connectivity index (χ1) is 7.74. The van der Waals surface area contributed by atoms with Crippen molar-refractivity contribution in [2.24, 2.45) is 0 Å². The minimum atomic E-state index is 0.525. The molecule has 0 bridgehead atoms. The Bertz CT molecular complexity index is 449. The molecule has 84 valence electrons. The monoisotopic (exact) mass is 218 g/mol. The molecule has 0 aliphatic rings. The number of nitrogens with two attached hydrogens (primary N) is 1. The summed E-state index contributed by atoms with van der Waals surface area (Å²) in [6, 6.07) is 3.82. The SMILES string of the molecule is Cc1ccc(OCCn2cc(N)cn2)nc1. The summed E-state index contributed by atoms with van der Waals surface area (Å²) in [7, 11) is 0. The van der Waals surface area contributed by atoms with Crippen LogP contribution in [0.4, 0.5) is 5.69 Å². The van der Waals surface area contributed by atoms with Crippen LogP contribution >= 0.6 is 0 Å². The van der Waals surface area contributed by atoms with E-state index in [1.807, 2.05) is 19.1 Å². The van der Waals surface area contributed by atoms with Gasteiger partial charge in [0.25, 0.3) is 0 Å². The first kappa shape index (κ1) is 10.5. The Hall–Kier alpha value is -2.04. The molecule has 0 amide bonds. The number of aromatic nitrogens is 3. The minimum absolute atomic E-state index is 0.525. The highest BCUT2D eigenvalue weighted by atomic mass is 16.5. The third kappa shape index (κ3) is 2.73. The van der Waals surface area contributed by atoms with Gasteiger partial charge >= 0.3 is 0 Å². The molecular formula is C11H14N4O. The van der Waals surface area contributed by atoms with Crippen LogP contribution in [0.1, 0.15) is 5.56 Å². The number of rotatable bonds is 4. The summed E-state index contributed by atoms with van der Waals surface area (Å²) in [6.07, 6.45) is 5.16. The Balaban J connectivity index is 1.82. The summed E-state index contributed by atoms with van der Waals surface area (Å²) in [4.78, 5) is 4.14. The van der Waals surface area contributed by atoms with E-state index in [0.717, 1.165) is 5.56 Å². The number of pyridine rings is 1. The molecular weight excluding hydrogens is 204 g/mol. The number of anilines is 1. The quantitative estimate of drug-likeness (QED) is 0.838.